The van der Waals surface area contributed by atoms with Crippen LogP contribution in [0.4, 0.5) is 11.4 Å². The van der Waals surface area contributed by atoms with Crippen molar-refractivity contribution in [2.24, 2.45) is 0 Å². The lowest BCUT2D eigenvalue weighted by atomic mass is 10.1. The minimum absolute atomic E-state index is 0.141. The smallest absolute Gasteiger partial charge is 0.329 e. The van der Waals surface area contributed by atoms with Crippen LogP contribution >= 0.6 is 0 Å². The third-order valence-corrected chi connectivity index (χ3v) is 5.95. The van der Waals surface area contributed by atoms with Crippen molar-refractivity contribution in [1.82, 2.24) is 14.5 Å². The van der Waals surface area contributed by atoms with Gasteiger partial charge in [0, 0.05) is 42.1 Å². The maximum absolute atomic E-state index is 13.3. The predicted octanol–water partition coefficient (Wildman–Crippen LogP) is 3.47. The summed E-state index contributed by atoms with van der Waals surface area (Å²) in [6, 6.07) is 9.72. The van der Waals surface area contributed by atoms with Gasteiger partial charge in [0.1, 0.15) is 0 Å². The lowest BCUT2D eigenvalue weighted by molar-refractivity contribution is 0.102. The van der Waals surface area contributed by atoms with Gasteiger partial charge in [0.15, 0.2) is 5.65 Å². The molecule has 8 nitrogen and oxygen atoms in total. The summed E-state index contributed by atoms with van der Waals surface area (Å²) >= 11 is 0. The molecule has 0 aliphatic heterocycles. The number of amides is 1. The molecule has 0 bridgehead atoms. The van der Waals surface area contributed by atoms with Crippen LogP contribution in [0.3, 0.4) is 0 Å². The number of benzene rings is 1. The summed E-state index contributed by atoms with van der Waals surface area (Å²) in [5, 5.41) is 3.04. The molecule has 2 aromatic heterocycles. The van der Waals surface area contributed by atoms with Crippen molar-refractivity contribution < 1.29 is 4.79 Å². The number of aryl methyl sites for hydroxylation is 1. The summed E-state index contributed by atoms with van der Waals surface area (Å²) in [7, 11) is 0. The van der Waals surface area contributed by atoms with Gasteiger partial charge in [-0.05, 0) is 70.9 Å². The van der Waals surface area contributed by atoms with E-state index in [1.54, 1.807) is 6.07 Å². The number of rotatable bonds is 7. The molecule has 2 heterocycles. The van der Waals surface area contributed by atoms with Gasteiger partial charge < -0.3 is 10.2 Å². The van der Waals surface area contributed by atoms with E-state index >= 15 is 0 Å². The molecule has 1 aliphatic carbocycles. The fraction of sp³-hybridized carbons (Fsp3) is 0.417. The molecule has 0 unspecified atom stereocenters. The zero-order valence-corrected chi connectivity index (χ0v) is 18.9. The monoisotopic (exact) mass is 435 g/mol. The number of carbonyl (C=O) groups excluding carboxylic acids is 1. The van der Waals surface area contributed by atoms with Gasteiger partial charge in [0.25, 0.3) is 11.5 Å². The van der Waals surface area contributed by atoms with Gasteiger partial charge in [-0.15, -0.1) is 0 Å². The quantitative estimate of drug-likeness (QED) is 0.592. The maximum Gasteiger partial charge on any atom is 0.329 e. The highest BCUT2D eigenvalue weighted by molar-refractivity contribution is 6.11. The first kappa shape index (κ1) is 21.8. The fourth-order valence-electron chi connectivity index (χ4n) is 4.13. The largest absolute Gasteiger partial charge is 0.369 e. The van der Waals surface area contributed by atoms with Crippen LogP contribution in [0.15, 0.2) is 39.9 Å². The van der Waals surface area contributed by atoms with E-state index in [2.05, 4.69) is 41.0 Å². The third-order valence-electron chi connectivity index (χ3n) is 5.95. The molecule has 1 aromatic carbocycles. The van der Waals surface area contributed by atoms with Crippen molar-refractivity contribution in [2.75, 3.05) is 16.8 Å². The number of H-pyrrole nitrogens is 1. The molecule has 3 aromatic rings. The van der Waals surface area contributed by atoms with Crippen molar-refractivity contribution in [3.05, 3.63) is 62.4 Å². The number of carbonyl (C=O) groups is 1. The molecule has 0 radical (unpaired) electrons. The van der Waals surface area contributed by atoms with Crippen molar-refractivity contribution in [2.45, 2.75) is 59.0 Å². The van der Waals surface area contributed by atoms with Crippen molar-refractivity contribution >= 4 is 28.3 Å². The second-order valence-corrected chi connectivity index (χ2v) is 8.45. The summed E-state index contributed by atoms with van der Waals surface area (Å²) in [6.45, 7) is 9.42. The van der Waals surface area contributed by atoms with E-state index in [-0.39, 0.29) is 22.5 Å². The Morgan fingerprint density at radius 1 is 1.22 bits per heavy atom. The highest BCUT2D eigenvalue weighted by atomic mass is 16.2. The predicted molar refractivity (Wildman–Crippen MR) is 127 cm³/mol. The molecule has 32 heavy (non-hydrogen) atoms. The number of aromatic nitrogens is 3. The summed E-state index contributed by atoms with van der Waals surface area (Å²) in [5.74, 6) is -0.129. The molecule has 0 atom stereocenters. The molecule has 0 saturated heterocycles. The molecule has 2 N–H and O–H groups in total. The summed E-state index contributed by atoms with van der Waals surface area (Å²) in [4.78, 5) is 47.4. The number of pyridine rings is 1. The Bertz CT molecular complexity index is 1270. The van der Waals surface area contributed by atoms with Crippen molar-refractivity contribution in [3.8, 4) is 0 Å². The topological polar surface area (TPSA) is 100 Å². The van der Waals surface area contributed by atoms with Crippen LogP contribution < -0.4 is 21.5 Å². The number of anilines is 2. The fourth-order valence-corrected chi connectivity index (χ4v) is 4.13. The Kier molecular flexibility index (Phi) is 5.86. The minimum atomic E-state index is -0.597. The number of hydrogen-bond acceptors (Lipinski definition) is 5. The Balaban J connectivity index is 1.74. The van der Waals surface area contributed by atoms with Gasteiger partial charge in [0.2, 0.25) is 0 Å². The third kappa shape index (κ3) is 4.04. The first-order chi connectivity index (χ1) is 15.3. The first-order valence-electron chi connectivity index (χ1n) is 11.2. The van der Waals surface area contributed by atoms with Crippen LogP contribution in [0.2, 0.25) is 0 Å². The summed E-state index contributed by atoms with van der Waals surface area (Å²) in [6.07, 6.45) is 1.98. The van der Waals surface area contributed by atoms with Gasteiger partial charge in [-0.1, -0.05) is 0 Å². The Labute approximate surface area is 186 Å². The molecular formula is C24H29N5O3. The van der Waals surface area contributed by atoms with Gasteiger partial charge in [-0.3, -0.25) is 19.1 Å². The maximum atomic E-state index is 13.3. The van der Waals surface area contributed by atoms with Crippen LogP contribution in [0.25, 0.3) is 11.0 Å². The van der Waals surface area contributed by atoms with E-state index in [0.717, 1.165) is 30.8 Å². The second-order valence-electron chi connectivity index (χ2n) is 8.45. The molecule has 8 heteroatoms. The van der Waals surface area contributed by atoms with Crippen molar-refractivity contribution in [1.29, 1.82) is 0 Å². The molecule has 4 rings (SSSR count). The zero-order chi connectivity index (χ0) is 23.0. The summed E-state index contributed by atoms with van der Waals surface area (Å²) in [5.41, 5.74) is 1.86. The number of fused-ring (bicyclic) bond motifs is 1. The molecule has 1 saturated carbocycles. The van der Waals surface area contributed by atoms with E-state index in [4.69, 9.17) is 0 Å². The average molecular weight is 436 g/mol. The molecule has 1 amide bonds. The normalized spacial score (nSPS) is 13.5. The van der Waals surface area contributed by atoms with Crippen LogP contribution in [0.1, 0.15) is 62.5 Å². The first-order valence-corrected chi connectivity index (χ1v) is 11.2. The van der Waals surface area contributed by atoms with Crippen LogP contribution in [0.5, 0.6) is 0 Å². The van der Waals surface area contributed by atoms with E-state index in [1.807, 2.05) is 31.2 Å². The lowest BCUT2D eigenvalue weighted by Crippen LogP contribution is -2.32. The van der Waals surface area contributed by atoms with E-state index < -0.39 is 17.2 Å². The van der Waals surface area contributed by atoms with Gasteiger partial charge in [-0.25, -0.2) is 9.78 Å². The molecule has 0 spiro atoms. The molecule has 168 valence electrons. The second kappa shape index (κ2) is 8.61. The standard InChI is InChI=1S/C24H29N5O3/c1-5-28(14(3)4)17-11-9-16(10-12-17)25-22(30)18-13-19(15-7-8-15)26-21-20(18)23(31)27-24(32)29(21)6-2/h9-15H,5-8H2,1-4H3,(H,25,30)(H,27,31,32). The highest BCUT2D eigenvalue weighted by Gasteiger charge is 2.28. The molecule has 1 aliphatic rings. The van der Waals surface area contributed by atoms with Crippen molar-refractivity contribution in [3.63, 3.8) is 0 Å². The Hall–Kier alpha value is -3.42. The molecular weight excluding hydrogens is 406 g/mol. The van der Waals surface area contributed by atoms with Crippen LogP contribution in [-0.4, -0.2) is 33.0 Å². The Morgan fingerprint density at radius 3 is 2.47 bits per heavy atom. The van der Waals surface area contributed by atoms with E-state index in [9.17, 15) is 14.4 Å². The van der Waals surface area contributed by atoms with Crippen LogP contribution in [0, 0.1) is 0 Å². The molecule has 1 fully saturated rings. The Morgan fingerprint density at radius 2 is 1.91 bits per heavy atom. The lowest BCUT2D eigenvalue weighted by Gasteiger charge is -2.27. The average Bonchev–Trinajstić information content (AvgIpc) is 3.60. The van der Waals surface area contributed by atoms with E-state index in [0.29, 0.717) is 18.3 Å². The number of hydrogen-bond donors (Lipinski definition) is 2. The number of nitrogens with zero attached hydrogens (tertiary/aromatic N) is 3. The van der Waals surface area contributed by atoms with E-state index in [1.165, 1.54) is 4.57 Å². The van der Waals surface area contributed by atoms with Crippen LogP contribution in [-0.2, 0) is 6.54 Å². The highest BCUT2D eigenvalue weighted by Crippen LogP contribution is 2.40. The van der Waals surface area contributed by atoms with Gasteiger partial charge in [0.05, 0.1) is 10.9 Å². The van der Waals surface area contributed by atoms with Gasteiger partial charge >= 0.3 is 5.69 Å². The number of nitrogens with one attached hydrogen (secondary N) is 2. The van der Waals surface area contributed by atoms with Gasteiger partial charge in [-0.2, -0.15) is 0 Å². The minimum Gasteiger partial charge on any atom is -0.369 e. The number of aromatic amines is 1. The SMILES string of the molecule is CCN(c1ccc(NC(=O)c2cc(C3CC3)nc3c2c(=O)[nH]c(=O)n3CC)cc1)C(C)C. The zero-order valence-electron chi connectivity index (χ0n) is 18.9. The summed E-state index contributed by atoms with van der Waals surface area (Å²) < 4.78 is 1.40.